The lowest BCUT2D eigenvalue weighted by Crippen LogP contribution is -2.37. The number of fused-ring (bicyclic) bond motifs is 2. The Morgan fingerprint density at radius 2 is 1.76 bits per heavy atom. The summed E-state index contributed by atoms with van der Waals surface area (Å²) in [6.45, 7) is 11.6. The summed E-state index contributed by atoms with van der Waals surface area (Å²) in [5, 5.41) is 0.455. The van der Waals surface area contributed by atoms with Crippen LogP contribution in [0.15, 0.2) is 51.7 Å². The minimum Gasteiger partial charge on any atom is -0.497 e. The van der Waals surface area contributed by atoms with E-state index in [2.05, 4.69) is 44.7 Å². The zero-order valence-electron chi connectivity index (χ0n) is 20.1. The van der Waals surface area contributed by atoms with E-state index in [0.29, 0.717) is 34.7 Å². The van der Waals surface area contributed by atoms with E-state index in [1.165, 1.54) is 5.56 Å². The van der Waals surface area contributed by atoms with Gasteiger partial charge in [0.15, 0.2) is 5.43 Å². The molecule has 1 aromatic heterocycles. The van der Waals surface area contributed by atoms with Crippen molar-refractivity contribution in [1.82, 2.24) is 9.80 Å². The summed E-state index contributed by atoms with van der Waals surface area (Å²) < 4.78 is 11.3. The van der Waals surface area contributed by atoms with Gasteiger partial charge in [0.2, 0.25) is 5.76 Å². The highest BCUT2D eigenvalue weighted by atomic mass is 16.5. The largest absolute Gasteiger partial charge is 0.497 e. The number of ether oxygens (including phenoxy) is 1. The van der Waals surface area contributed by atoms with Gasteiger partial charge in [0, 0.05) is 19.2 Å². The molecular weight excluding hydrogens is 416 g/mol. The molecule has 33 heavy (non-hydrogen) atoms. The Bertz CT molecular complexity index is 1210. The van der Waals surface area contributed by atoms with Crippen LogP contribution in [0.4, 0.5) is 0 Å². The first-order chi connectivity index (χ1) is 15.9. The average molecular weight is 449 g/mol. The Morgan fingerprint density at radius 1 is 1.06 bits per heavy atom. The van der Waals surface area contributed by atoms with Crippen LogP contribution in [0.3, 0.4) is 0 Å². The molecule has 3 aromatic rings. The van der Waals surface area contributed by atoms with Gasteiger partial charge < -0.3 is 19.0 Å². The number of methoxy groups -OCH3 is 1. The zero-order chi connectivity index (χ0) is 23.7. The predicted octanol–water partition coefficient (Wildman–Crippen LogP) is 4.81. The molecule has 0 spiro atoms. The first kappa shape index (κ1) is 23.1. The van der Waals surface area contributed by atoms with Gasteiger partial charge in [0.25, 0.3) is 5.91 Å². The van der Waals surface area contributed by atoms with Crippen molar-refractivity contribution in [2.45, 2.75) is 39.7 Å². The summed E-state index contributed by atoms with van der Waals surface area (Å²) in [4.78, 5) is 31.2. The SMILES string of the molecule is CCN(CC)CCN1C(=O)c2oc3cc(OC)ccc3c(=O)c2[C@@H]1c1ccc(C(C)C)cc1. The zero-order valence-corrected chi connectivity index (χ0v) is 20.1. The molecule has 0 bridgehead atoms. The van der Waals surface area contributed by atoms with E-state index in [0.717, 1.165) is 25.2 Å². The van der Waals surface area contributed by atoms with Crippen LogP contribution in [0.2, 0.25) is 0 Å². The van der Waals surface area contributed by atoms with E-state index in [-0.39, 0.29) is 17.1 Å². The van der Waals surface area contributed by atoms with Crippen LogP contribution in [0, 0.1) is 0 Å². The fourth-order valence-corrected chi connectivity index (χ4v) is 4.55. The number of carbonyl (C=O) groups is 1. The van der Waals surface area contributed by atoms with Gasteiger partial charge in [-0.3, -0.25) is 9.59 Å². The number of amides is 1. The highest BCUT2D eigenvalue weighted by Crippen LogP contribution is 2.38. The Balaban J connectivity index is 1.85. The van der Waals surface area contributed by atoms with Crippen LogP contribution >= 0.6 is 0 Å². The minimum atomic E-state index is -0.466. The maximum Gasteiger partial charge on any atom is 0.290 e. The van der Waals surface area contributed by atoms with Crippen LogP contribution in [0.1, 0.15) is 66.9 Å². The number of likely N-dealkylation sites (N-methyl/N-ethyl adjacent to an activating group) is 1. The van der Waals surface area contributed by atoms with Crippen LogP contribution < -0.4 is 10.2 Å². The van der Waals surface area contributed by atoms with Crippen molar-refractivity contribution >= 4 is 16.9 Å². The molecule has 1 aliphatic rings. The van der Waals surface area contributed by atoms with Crippen molar-refractivity contribution in [2.75, 3.05) is 33.3 Å². The number of benzene rings is 2. The number of hydrogen-bond donors (Lipinski definition) is 0. The summed E-state index contributed by atoms with van der Waals surface area (Å²) in [5.74, 6) is 0.879. The molecule has 2 aromatic carbocycles. The molecule has 1 aliphatic heterocycles. The Morgan fingerprint density at radius 3 is 2.36 bits per heavy atom. The second-order valence-electron chi connectivity index (χ2n) is 8.79. The Hall–Kier alpha value is -3.12. The third-order valence-electron chi connectivity index (χ3n) is 6.65. The minimum absolute atomic E-state index is 0.137. The highest BCUT2D eigenvalue weighted by Gasteiger charge is 2.42. The molecule has 1 amide bonds. The molecule has 4 rings (SSSR count). The van der Waals surface area contributed by atoms with Gasteiger partial charge in [-0.2, -0.15) is 0 Å². The molecule has 0 aliphatic carbocycles. The highest BCUT2D eigenvalue weighted by molar-refractivity contribution is 5.99. The fraction of sp³-hybridized carbons (Fsp3) is 0.407. The van der Waals surface area contributed by atoms with Crippen molar-refractivity contribution in [3.05, 3.63) is 75.1 Å². The Labute approximate surface area is 194 Å². The van der Waals surface area contributed by atoms with Gasteiger partial charge in [-0.05, 0) is 42.3 Å². The van der Waals surface area contributed by atoms with E-state index in [9.17, 15) is 9.59 Å². The smallest absolute Gasteiger partial charge is 0.290 e. The second kappa shape index (κ2) is 9.40. The number of hydrogen-bond acceptors (Lipinski definition) is 5. The first-order valence-corrected chi connectivity index (χ1v) is 11.7. The third-order valence-corrected chi connectivity index (χ3v) is 6.65. The normalized spacial score (nSPS) is 15.7. The van der Waals surface area contributed by atoms with Gasteiger partial charge in [-0.15, -0.1) is 0 Å². The summed E-state index contributed by atoms with van der Waals surface area (Å²) in [7, 11) is 1.56. The van der Waals surface area contributed by atoms with Crippen LogP contribution in [-0.2, 0) is 0 Å². The quantitative estimate of drug-likeness (QED) is 0.495. The third kappa shape index (κ3) is 4.15. The summed E-state index contributed by atoms with van der Waals surface area (Å²) in [6.07, 6.45) is 0. The van der Waals surface area contributed by atoms with Gasteiger partial charge in [-0.1, -0.05) is 52.0 Å². The molecule has 6 heteroatoms. The molecule has 1 atom stereocenters. The molecule has 174 valence electrons. The molecule has 0 radical (unpaired) electrons. The molecule has 0 fully saturated rings. The maximum absolute atomic E-state index is 13.6. The number of nitrogens with zero attached hydrogens (tertiary/aromatic N) is 2. The molecule has 0 unspecified atom stereocenters. The van der Waals surface area contributed by atoms with Crippen molar-refractivity contribution in [3.8, 4) is 5.75 Å². The van der Waals surface area contributed by atoms with E-state index in [1.807, 2.05) is 12.1 Å². The van der Waals surface area contributed by atoms with Gasteiger partial charge in [0.05, 0.1) is 24.1 Å². The van der Waals surface area contributed by atoms with Crippen LogP contribution in [0.25, 0.3) is 11.0 Å². The van der Waals surface area contributed by atoms with Gasteiger partial charge in [-0.25, -0.2) is 0 Å². The predicted molar refractivity (Wildman–Crippen MR) is 130 cm³/mol. The average Bonchev–Trinajstić information content (AvgIpc) is 3.11. The second-order valence-corrected chi connectivity index (χ2v) is 8.79. The van der Waals surface area contributed by atoms with E-state index in [1.54, 1.807) is 30.2 Å². The van der Waals surface area contributed by atoms with E-state index < -0.39 is 6.04 Å². The van der Waals surface area contributed by atoms with Crippen molar-refractivity contribution < 1.29 is 13.9 Å². The first-order valence-electron chi connectivity index (χ1n) is 11.7. The topological polar surface area (TPSA) is 63.0 Å². The molecule has 2 heterocycles. The lowest BCUT2D eigenvalue weighted by Gasteiger charge is -2.28. The summed E-state index contributed by atoms with van der Waals surface area (Å²) in [6, 6.07) is 12.9. The molecule has 0 saturated carbocycles. The lowest BCUT2D eigenvalue weighted by molar-refractivity contribution is 0.0708. The van der Waals surface area contributed by atoms with Gasteiger partial charge in [0.1, 0.15) is 11.3 Å². The van der Waals surface area contributed by atoms with Crippen LogP contribution in [0.5, 0.6) is 5.75 Å². The molecule has 0 saturated heterocycles. The number of rotatable bonds is 8. The van der Waals surface area contributed by atoms with E-state index >= 15 is 0 Å². The maximum atomic E-state index is 13.6. The standard InChI is InChI=1S/C27H32N2O4/c1-6-28(7-2)14-15-29-24(19-10-8-18(9-11-19)17(3)4)23-25(30)21-13-12-20(32-5)16-22(21)33-26(23)27(29)31/h8-13,16-17,24H,6-7,14-15H2,1-5H3/t24-/m0/s1. The van der Waals surface area contributed by atoms with E-state index in [4.69, 9.17) is 9.15 Å². The molecular formula is C27H32N2O4. The monoisotopic (exact) mass is 448 g/mol. The fourth-order valence-electron chi connectivity index (χ4n) is 4.55. The van der Waals surface area contributed by atoms with Crippen molar-refractivity contribution in [2.24, 2.45) is 0 Å². The van der Waals surface area contributed by atoms with Gasteiger partial charge >= 0.3 is 0 Å². The van der Waals surface area contributed by atoms with Crippen LogP contribution in [-0.4, -0.2) is 49.0 Å². The molecule has 6 nitrogen and oxygen atoms in total. The Kier molecular flexibility index (Phi) is 6.56. The summed E-state index contributed by atoms with van der Waals surface area (Å²) in [5.41, 5.74) is 2.77. The summed E-state index contributed by atoms with van der Waals surface area (Å²) >= 11 is 0. The van der Waals surface area contributed by atoms with Crippen molar-refractivity contribution in [3.63, 3.8) is 0 Å². The molecule has 0 N–H and O–H groups in total. The lowest BCUT2D eigenvalue weighted by atomic mass is 9.95. The van der Waals surface area contributed by atoms with Crippen molar-refractivity contribution in [1.29, 1.82) is 0 Å². The number of carbonyl (C=O) groups excluding carboxylic acids is 1.